The van der Waals surface area contributed by atoms with Crippen LogP contribution in [0.15, 0.2) is 42.7 Å². The summed E-state index contributed by atoms with van der Waals surface area (Å²) in [5.41, 5.74) is 4.82. The van der Waals surface area contributed by atoms with Gasteiger partial charge in [-0.15, -0.1) is 11.3 Å². The number of anilines is 1. The van der Waals surface area contributed by atoms with E-state index in [1.807, 2.05) is 39.0 Å². The molecule has 3 rings (SSSR count). The van der Waals surface area contributed by atoms with E-state index in [0.29, 0.717) is 16.1 Å². The van der Waals surface area contributed by atoms with Gasteiger partial charge < -0.3 is 10.1 Å². The van der Waals surface area contributed by atoms with E-state index in [1.54, 1.807) is 18.3 Å². The Labute approximate surface area is 162 Å². The molecule has 0 radical (unpaired) electrons. The highest BCUT2D eigenvalue weighted by atomic mass is 32.1. The van der Waals surface area contributed by atoms with Gasteiger partial charge in [-0.25, -0.2) is 4.79 Å². The number of pyridine rings is 1. The van der Waals surface area contributed by atoms with Crippen LogP contribution in [0.1, 0.15) is 36.7 Å². The second kappa shape index (κ2) is 7.72. The number of carbonyl (C=O) groups excluding carboxylic acids is 2. The summed E-state index contributed by atoms with van der Waals surface area (Å²) in [6.07, 6.45) is 3.08. The third kappa shape index (κ3) is 3.75. The minimum atomic E-state index is -0.478. The first-order valence-electron chi connectivity index (χ1n) is 8.43. The Kier molecular flexibility index (Phi) is 5.37. The highest BCUT2D eigenvalue weighted by Gasteiger charge is 2.25. The van der Waals surface area contributed by atoms with Crippen LogP contribution in [0.4, 0.5) is 5.00 Å². The molecule has 0 saturated carbocycles. The van der Waals surface area contributed by atoms with Crippen molar-refractivity contribution in [1.29, 1.82) is 0 Å². The van der Waals surface area contributed by atoms with E-state index in [2.05, 4.69) is 10.3 Å². The van der Waals surface area contributed by atoms with Gasteiger partial charge in [-0.3, -0.25) is 9.78 Å². The number of thiophene rings is 1. The van der Waals surface area contributed by atoms with Crippen LogP contribution >= 0.6 is 11.3 Å². The van der Waals surface area contributed by atoms with E-state index >= 15 is 0 Å². The number of aryl methyl sites for hydroxylation is 3. The molecule has 0 fully saturated rings. The fourth-order valence-electron chi connectivity index (χ4n) is 2.85. The molecule has 1 amide bonds. The maximum absolute atomic E-state index is 12.5. The summed E-state index contributed by atoms with van der Waals surface area (Å²) in [7, 11) is 1.34. The predicted octanol–water partition coefficient (Wildman–Crippen LogP) is 4.77. The number of nitrogens with zero attached hydrogens (tertiary/aromatic N) is 1. The quantitative estimate of drug-likeness (QED) is 0.662. The Morgan fingerprint density at radius 2 is 1.89 bits per heavy atom. The van der Waals surface area contributed by atoms with E-state index < -0.39 is 5.97 Å². The molecule has 0 aliphatic carbocycles. The molecule has 2 heterocycles. The maximum atomic E-state index is 12.5. The summed E-state index contributed by atoms with van der Waals surface area (Å²) in [4.78, 5) is 30.0. The number of benzene rings is 1. The molecule has 3 aromatic rings. The van der Waals surface area contributed by atoms with Gasteiger partial charge in [0.05, 0.1) is 12.7 Å². The summed E-state index contributed by atoms with van der Waals surface area (Å²) in [5, 5.41) is 3.31. The summed E-state index contributed by atoms with van der Waals surface area (Å²) in [5.74, 6) is -0.796. The summed E-state index contributed by atoms with van der Waals surface area (Å²) < 4.78 is 5.00. The van der Waals surface area contributed by atoms with Crippen LogP contribution in [0.25, 0.3) is 11.1 Å². The summed E-state index contributed by atoms with van der Waals surface area (Å²) in [6, 6.07) is 9.41. The van der Waals surface area contributed by atoms with Crippen LogP contribution in [0.2, 0.25) is 0 Å². The molecule has 0 bridgehead atoms. The lowest BCUT2D eigenvalue weighted by Gasteiger charge is -2.09. The van der Waals surface area contributed by atoms with Crippen molar-refractivity contribution in [2.75, 3.05) is 12.4 Å². The van der Waals surface area contributed by atoms with Crippen LogP contribution in [-0.4, -0.2) is 24.0 Å². The van der Waals surface area contributed by atoms with Gasteiger partial charge in [0.1, 0.15) is 10.6 Å². The number of carbonyl (C=O) groups is 2. The first-order chi connectivity index (χ1) is 12.9. The first-order valence-corrected chi connectivity index (χ1v) is 9.24. The van der Waals surface area contributed by atoms with Crippen molar-refractivity contribution < 1.29 is 14.3 Å². The second-order valence-corrected chi connectivity index (χ2v) is 7.45. The largest absolute Gasteiger partial charge is 0.465 e. The molecule has 138 valence electrons. The van der Waals surface area contributed by atoms with Gasteiger partial charge in [0.2, 0.25) is 0 Å². The van der Waals surface area contributed by atoms with Gasteiger partial charge >= 0.3 is 5.97 Å². The molecular formula is C21H20N2O3S. The summed E-state index contributed by atoms with van der Waals surface area (Å²) >= 11 is 1.36. The lowest BCUT2D eigenvalue weighted by atomic mass is 9.97. The maximum Gasteiger partial charge on any atom is 0.341 e. The van der Waals surface area contributed by atoms with Gasteiger partial charge in [-0.2, -0.15) is 0 Å². The molecule has 6 heteroatoms. The van der Waals surface area contributed by atoms with E-state index in [1.165, 1.54) is 30.2 Å². The van der Waals surface area contributed by atoms with Crippen molar-refractivity contribution in [2.45, 2.75) is 20.8 Å². The topological polar surface area (TPSA) is 68.3 Å². The second-order valence-electron chi connectivity index (χ2n) is 6.22. The first kappa shape index (κ1) is 18.8. The molecule has 0 saturated heterocycles. The minimum Gasteiger partial charge on any atom is -0.465 e. The third-order valence-electron chi connectivity index (χ3n) is 4.42. The number of esters is 1. The Morgan fingerprint density at radius 1 is 1.11 bits per heavy atom. The zero-order chi connectivity index (χ0) is 19.6. The van der Waals surface area contributed by atoms with E-state index in [4.69, 9.17) is 4.74 Å². The van der Waals surface area contributed by atoms with Crippen molar-refractivity contribution in [3.8, 4) is 11.1 Å². The van der Waals surface area contributed by atoms with Gasteiger partial charge in [0.15, 0.2) is 0 Å². The minimum absolute atomic E-state index is 0.318. The highest BCUT2D eigenvalue weighted by Crippen LogP contribution is 2.41. The van der Waals surface area contributed by atoms with Gasteiger partial charge in [0, 0.05) is 22.8 Å². The monoisotopic (exact) mass is 380 g/mol. The van der Waals surface area contributed by atoms with Crippen molar-refractivity contribution in [3.63, 3.8) is 0 Å². The smallest absolute Gasteiger partial charge is 0.341 e. The number of hydrogen-bond acceptors (Lipinski definition) is 5. The van der Waals surface area contributed by atoms with Crippen molar-refractivity contribution in [3.05, 3.63) is 69.9 Å². The number of aromatic nitrogens is 1. The number of ether oxygens (including phenoxy) is 1. The number of methoxy groups -OCH3 is 1. The average Bonchev–Trinajstić information content (AvgIpc) is 2.99. The number of rotatable bonds is 4. The highest BCUT2D eigenvalue weighted by molar-refractivity contribution is 7.17. The van der Waals surface area contributed by atoms with Crippen molar-refractivity contribution in [1.82, 2.24) is 4.98 Å². The fraction of sp³-hybridized carbons (Fsp3) is 0.190. The fourth-order valence-corrected chi connectivity index (χ4v) is 3.91. The van der Waals surface area contributed by atoms with Crippen LogP contribution in [0.3, 0.4) is 0 Å². The number of hydrogen-bond donors (Lipinski definition) is 1. The average molecular weight is 380 g/mol. The Bertz CT molecular complexity index is 1010. The Hall–Kier alpha value is -2.99. The van der Waals surface area contributed by atoms with Crippen molar-refractivity contribution >= 4 is 28.2 Å². The predicted molar refractivity (Wildman–Crippen MR) is 107 cm³/mol. The molecule has 5 nitrogen and oxygen atoms in total. The molecule has 2 aromatic heterocycles. The van der Waals surface area contributed by atoms with E-state index in [-0.39, 0.29) is 5.91 Å². The van der Waals surface area contributed by atoms with E-state index in [0.717, 1.165) is 21.6 Å². The lowest BCUT2D eigenvalue weighted by Crippen LogP contribution is -2.14. The molecule has 1 aromatic carbocycles. The van der Waals surface area contributed by atoms with Gasteiger partial charge in [-0.05, 0) is 49.6 Å². The van der Waals surface area contributed by atoms with Crippen LogP contribution in [-0.2, 0) is 4.74 Å². The van der Waals surface area contributed by atoms with Crippen molar-refractivity contribution in [2.24, 2.45) is 0 Å². The lowest BCUT2D eigenvalue weighted by molar-refractivity contribution is 0.0603. The zero-order valence-corrected chi connectivity index (χ0v) is 16.4. The van der Waals surface area contributed by atoms with Gasteiger partial charge in [0.25, 0.3) is 5.91 Å². The standard InChI is InChI=1S/C21H20N2O3S/c1-12-7-8-15(10-13(12)2)17-14(3)27-20(18(17)21(25)26-4)23-19(24)16-6-5-9-22-11-16/h5-11H,1-4H3,(H,23,24). The Morgan fingerprint density at radius 3 is 2.52 bits per heavy atom. The van der Waals surface area contributed by atoms with Crippen LogP contribution in [0.5, 0.6) is 0 Å². The Balaban J connectivity index is 2.09. The molecule has 0 atom stereocenters. The molecule has 0 aliphatic heterocycles. The molecule has 27 heavy (non-hydrogen) atoms. The summed E-state index contributed by atoms with van der Waals surface area (Å²) in [6.45, 7) is 6.01. The molecule has 0 unspecified atom stereocenters. The van der Waals surface area contributed by atoms with Gasteiger partial charge in [-0.1, -0.05) is 18.2 Å². The molecule has 0 aliphatic rings. The SMILES string of the molecule is COC(=O)c1c(NC(=O)c2cccnc2)sc(C)c1-c1ccc(C)c(C)c1. The molecule has 0 spiro atoms. The zero-order valence-electron chi connectivity index (χ0n) is 15.6. The van der Waals surface area contributed by atoms with Crippen LogP contribution < -0.4 is 5.32 Å². The molecular weight excluding hydrogens is 360 g/mol. The third-order valence-corrected chi connectivity index (χ3v) is 5.44. The van der Waals surface area contributed by atoms with Crippen LogP contribution in [0, 0.1) is 20.8 Å². The van der Waals surface area contributed by atoms with E-state index in [9.17, 15) is 9.59 Å². The number of nitrogens with one attached hydrogen (secondary N) is 1. The number of amides is 1. The normalized spacial score (nSPS) is 10.5. The molecule has 1 N–H and O–H groups in total.